The Morgan fingerprint density at radius 2 is 1.06 bits per heavy atom. The standard InChI is InChI=1S/C63H51N2P/c1-63(2)55-39-43(26-34-51(55)52-35-32-49(41-56(52)63)65-59-22-12-8-16-46(59)30-31-47-17-9-13-23-60(47)65)25-24-42-27-36-61-53(38-42)54-40-48(33-37-62(54)66(61)50-18-4-3-5-19-50)64-57-20-10-6-14-44(57)28-29-45-15-7-11-21-58(45)64/h3-27,32-41,46,59H,28-31H2,1-2H3. The molecule has 3 atom stereocenters. The molecular formula is C63H51N2P. The van der Waals surface area contributed by atoms with Crippen LogP contribution in [0.4, 0.5) is 28.4 Å². The molecule has 66 heavy (non-hydrogen) atoms. The van der Waals surface area contributed by atoms with Crippen molar-refractivity contribution >= 4 is 69.1 Å². The van der Waals surface area contributed by atoms with E-state index in [9.17, 15) is 0 Å². The molecule has 1 aromatic heterocycles. The largest absolute Gasteiger partial charge is 0.334 e. The smallest absolute Gasteiger partial charge is 0.0588 e. The number of hydrogen-bond donors (Lipinski definition) is 0. The minimum absolute atomic E-state index is 0.143. The molecule has 2 nitrogen and oxygen atoms in total. The third-order valence-electron chi connectivity index (χ3n) is 15.1. The van der Waals surface area contributed by atoms with Gasteiger partial charge in [0, 0.05) is 50.0 Å². The van der Waals surface area contributed by atoms with Crippen LogP contribution >= 0.6 is 7.53 Å². The lowest BCUT2D eigenvalue weighted by atomic mass is 9.81. The lowest BCUT2D eigenvalue weighted by Gasteiger charge is -2.36. The first kappa shape index (κ1) is 39.3. The highest BCUT2D eigenvalue weighted by Crippen LogP contribution is 2.57. The minimum atomic E-state index is -0.691. The van der Waals surface area contributed by atoms with Crippen LogP contribution in [0.5, 0.6) is 0 Å². The summed E-state index contributed by atoms with van der Waals surface area (Å²) in [5.41, 5.74) is 18.4. The van der Waals surface area contributed by atoms with E-state index in [-0.39, 0.29) is 5.41 Å². The summed E-state index contributed by atoms with van der Waals surface area (Å²) < 4.78 is 0. The van der Waals surface area contributed by atoms with E-state index in [0.29, 0.717) is 12.0 Å². The van der Waals surface area contributed by atoms with E-state index in [0.717, 1.165) is 25.7 Å². The maximum Gasteiger partial charge on any atom is 0.0588 e. The fourth-order valence-corrected chi connectivity index (χ4v) is 14.4. The number of para-hydroxylation sites is 3. The number of nitrogens with zero attached hydrogens (tertiary/aromatic N) is 2. The van der Waals surface area contributed by atoms with E-state index >= 15 is 0 Å². The fourth-order valence-electron chi connectivity index (χ4n) is 11.8. The van der Waals surface area contributed by atoms with E-state index in [1.807, 2.05) is 0 Å². The molecule has 0 bridgehead atoms. The van der Waals surface area contributed by atoms with Gasteiger partial charge in [0.15, 0.2) is 0 Å². The predicted molar refractivity (Wildman–Crippen MR) is 283 cm³/mol. The third kappa shape index (κ3) is 6.30. The normalized spacial score (nSPS) is 18.1. The molecule has 3 heterocycles. The summed E-state index contributed by atoms with van der Waals surface area (Å²) in [5.74, 6) is 0.486. The van der Waals surface area contributed by atoms with Crippen LogP contribution in [0.1, 0.15) is 59.2 Å². The summed E-state index contributed by atoms with van der Waals surface area (Å²) in [6.07, 6.45) is 18.3. The van der Waals surface area contributed by atoms with Crippen LogP contribution in [0.25, 0.3) is 49.6 Å². The van der Waals surface area contributed by atoms with E-state index < -0.39 is 7.53 Å². The first-order valence-electron chi connectivity index (χ1n) is 23.8. The van der Waals surface area contributed by atoms with Crippen molar-refractivity contribution in [3.05, 3.63) is 239 Å². The first-order valence-corrected chi connectivity index (χ1v) is 25.1. The highest BCUT2D eigenvalue weighted by atomic mass is 31.1. The molecular weight excluding hydrogens is 816 g/mol. The molecule has 4 aliphatic rings. The van der Waals surface area contributed by atoms with E-state index in [1.165, 1.54) is 105 Å². The topological polar surface area (TPSA) is 6.48 Å². The molecule has 8 aromatic carbocycles. The number of hydrogen-bond acceptors (Lipinski definition) is 2. The molecule has 0 saturated heterocycles. The second-order valence-electron chi connectivity index (χ2n) is 19.2. The monoisotopic (exact) mass is 866 g/mol. The lowest BCUT2D eigenvalue weighted by Crippen LogP contribution is -2.35. The van der Waals surface area contributed by atoms with Crippen LogP contribution in [0.2, 0.25) is 0 Å². The number of benzene rings is 8. The SMILES string of the molecule is CC1(C)c2cc(C=Cc3ccc4c(c3)c3cc(N5c6ccccc6CCc6ccccc65)ccc3p4-c3ccccc3)ccc2-c2ccc(N3c4ccccc4CCC4C=CC=CC43)cc21. The molecule has 3 heteroatoms. The van der Waals surface area contributed by atoms with Crippen LogP contribution < -0.4 is 9.80 Å². The van der Waals surface area contributed by atoms with Crippen LogP contribution in [-0.4, -0.2) is 6.04 Å². The lowest BCUT2D eigenvalue weighted by molar-refractivity contribution is 0.535. The van der Waals surface area contributed by atoms with Gasteiger partial charge in [-0.05, 0) is 152 Å². The quantitative estimate of drug-likeness (QED) is 0.159. The summed E-state index contributed by atoms with van der Waals surface area (Å²) in [6.45, 7) is 4.83. The van der Waals surface area contributed by atoms with Gasteiger partial charge >= 0.3 is 0 Å². The fraction of sp³-hybridized carbons (Fsp3) is 0.143. The molecule has 13 rings (SSSR count). The van der Waals surface area contributed by atoms with Crippen LogP contribution in [0.3, 0.4) is 0 Å². The Hall–Kier alpha value is -7.12. The van der Waals surface area contributed by atoms with Gasteiger partial charge in [0.2, 0.25) is 0 Å². The van der Waals surface area contributed by atoms with Crippen molar-refractivity contribution in [3.8, 4) is 16.4 Å². The number of aryl methyl sites for hydroxylation is 3. The summed E-state index contributed by atoms with van der Waals surface area (Å²) >= 11 is 0. The highest BCUT2D eigenvalue weighted by molar-refractivity contribution is 7.67. The van der Waals surface area contributed by atoms with Crippen molar-refractivity contribution in [2.75, 3.05) is 9.80 Å². The molecule has 0 amide bonds. The number of rotatable bonds is 5. The summed E-state index contributed by atoms with van der Waals surface area (Å²) in [5, 5.41) is 6.95. The van der Waals surface area contributed by atoms with Crippen molar-refractivity contribution in [1.29, 1.82) is 0 Å². The first-order chi connectivity index (χ1) is 32.5. The third-order valence-corrected chi connectivity index (χ3v) is 17.7. The van der Waals surface area contributed by atoms with Crippen molar-refractivity contribution in [2.24, 2.45) is 5.92 Å². The van der Waals surface area contributed by atoms with Gasteiger partial charge in [-0.25, -0.2) is 0 Å². The maximum atomic E-state index is 2.62. The molecule has 0 radical (unpaired) electrons. The Bertz CT molecular complexity index is 3440. The van der Waals surface area contributed by atoms with Gasteiger partial charge in [-0.1, -0.05) is 173 Å². The van der Waals surface area contributed by atoms with Crippen molar-refractivity contribution in [2.45, 2.75) is 51.0 Å². The van der Waals surface area contributed by atoms with Gasteiger partial charge in [0.25, 0.3) is 0 Å². The Balaban J connectivity index is 0.874. The van der Waals surface area contributed by atoms with Crippen molar-refractivity contribution in [3.63, 3.8) is 0 Å². The number of allylic oxidation sites excluding steroid dienone is 2. The van der Waals surface area contributed by atoms with E-state index in [2.05, 4.69) is 236 Å². The van der Waals surface area contributed by atoms with Gasteiger partial charge in [0.05, 0.1) is 6.04 Å². The molecule has 2 aliphatic carbocycles. The zero-order valence-corrected chi connectivity index (χ0v) is 38.4. The summed E-state index contributed by atoms with van der Waals surface area (Å²) in [7, 11) is -0.691. The summed E-state index contributed by atoms with van der Waals surface area (Å²) in [6, 6.07) is 67.3. The molecule has 9 aromatic rings. The zero-order chi connectivity index (χ0) is 43.9. The second-order valence-corrected chi connectivity index (χ2v) is 21.3. The minimum Gasteiger partial charge on any atom is -0.334 e. The molecule has 0 fully saturated rings. The van der Waals surface area contributed by atoms with Gasteiger partial charge in [-0.2, -0.15) is 0 Å². The van der Waals surface area contributed by atoms with Crippen LogP contribution in [0.15, 0.2) is 200 Å². The van der Waals surface area contributed by atoms with E-state index in [1.54, 1.807) is 0 Å². The Morgan fingerprint density at radius 3 is 1.80 bits per heavy atom. The predicted octanol–water partition coefficient (Wildman–Crippen LogP) is 17.2. The Morgan fingerprint density at radius 1 is 0.500 bits per heavy atom. The van der Waals surface area contributed by atoms with Crippen molar-refractivity contribution in [1.82, 2.24) is 0 Å². The average Bonchev–Trinajstić information content (AvgIpc) is 3.62. The molecule has 0 saturated carbocycles. The van der Waals surface area contributed by atoms with Crippen LogP contribution in [-0.2, 0) is 24.7 Å². The Labute approximate surface area is 389 Å². The highest BCUT2D eigenvalue weighted by Gasteiger charge is 2.38. The average molecular weight is 867 g/mol. The van der Waals surface area contributed by atoms with Crippen molar-refractivity contribution < 1.29 is 0 Å². The van der Waals surface area contributed by atoms with Gasteiger partial charge in [-0.3, -0.25) is 0 Å². The zero-order valence-electron chi connectivity index (χ0n) is 37.5. The molecule has 2 aliphatic heterocycles. The number of fused-ring (bicyclic) bond motifs is 10. The van der Waals surface area contributed by atoms with Gasteiger partial charge in [0.1, 0.15) is 0 Å². The Kier molecular flexibility index (Phi) is 9.23. The van der Waals surface area contributed by atoms with Gasteiger partial charge in [-0.15, -0.1) is 0 Å². The van der Waals surface area contributed by atoms with E-state index in [4.69, 9.17) is 0 Å². The molecule has 0 spiro atoms. The molecule has 3 unspecified atom stereocenters. The molecule has 318 valence electrons. The van der Waals surface area contributed by atoms with Gasteiger partial charge < -0.3 is 9.80 Å². The second kappa shape index (κ2) is 15.5. The molecule has 0 N–H and O–H groups in total. The maximum absolute atomic E-state index is 2.62. The summed E-state index contributed by atoms with van der Waals surface area (Å²) in [4.78, 5) is 5.13. The number of anilines is 5. The van der Waals surface area contributed by atoms with Crippen LogP contribution in [0, 0.1) is 5.92 Å².